The van der Waals surface area contributed by atoms with Gasteiger partial charge in [0.05, 0.1) is 19.2 Å². The largest absolute Gasteiger partial charge is 0.497 e. The summed E-state index contributed by atoms with van der Waals surface area (Å²) < 4.78 is 6.07. The van der Waals surface area contributed by atoms with Gasteiger partial charge in [-0.1, -0.05) is 52.3 Å². The normalized spacial score (nSPS) is 23.0. The number of Topliss-reactive ketones (excluding diaryl/α,β-unsaturated/α-hetero) is 1. The number of nitro groups is 1. The quantitative estimate of drug-likeness (QED) is 0.281. The van der Waals surface area contributed by atoms with Gasteiger partial charge in [-0.15, -0.1) is 0 Å². The van der Waals surface area contributed by atoms with E-state index in [1.807, 2.05) is 48.5 Å². The fourth-order valence-corrected chi connectivity index (χ4v) is 5.16. The average Bonchev–Trinajstić information content (AvgIpc) is 3.20. The molecule has 7 nitrogen and oxygen atoms in total. The molecule has 1 fully saturated rings. The van der Waals surface area contributed by atoms with Gasteiger partial charge in [-0.05, 0) is 47.5 Å². The lowest BCUT2D eigenvalue weighted by Gasteiger charge is -2.30. The monoisotopic (exact) mass is 505 g/mol. The summed E-state index contributed by atoms with van der Waals surface area (Å²) >= 11 is 3.43. The van der Waals surface area contributed by atoms with Crippen LogP contribution in [0.1, 0.15) is 39.0 Å². The third-order valence-corrected chi connectivity index (χ3v) is 6.92. The van der Waals surface area contributed by atoms with E-state index in [-0.39, 0.29) is 10.7 Å². The van der Waals surface area contributed by atoms with E-state index in [0.717, 1.165) is 21.2 Å². The second-order valence-electron chi connectivity index (χ2n) is 8.09. The summed E-state index contributed by atoms with van der Waals surface area (Å²) in [6, 6.07) is 19.2. The van der Waals surface area contributed by atoms with Crippen molar-refractivity contribution in [2.75, 3.05) is 7.11 Å². The van der Waals surface area contributed by atoms with E-state index in [9.17, 15) is 14.9 Å². The molecular weight excluding hydrogens is 486 g/mol. The number of carbonyl (C=O) groups is 1. The van der Waals surface area contributed by atoms with Gasteiger partial charge >= 0.3 is 0 Å². The van der Waals surface area contributed by atoms with Gasteiger partial charge in [0.1, 0.15) is 17.8 Å². The summed E-state index contributed by atoms with van der Waals surface area (Å²) in [6.07, 6.45) is 1.68. The van der Waals surface area contributed by atoms with E-state index in [1.165, 1.54) is 0 Å². The molecule has 8 heteroatoms. The van der Waals surface area contributed by atoms with Gasteiger partial charge in [0.25, 0.3) is 0 Å². The third kappa shape index (κ3) is 3.60. The van der Waals surface area contributed by atoms with Gasteiger partial charge in [-0.3, -0.25) is 19.9 Å². The fraction of sp³-hybridized carbons (Fsp3) is 0.200. The fourth-order valence-electron chi connectivity index (χ4n) is 4.89. The Morgan fingerprint density at radius 2 is 1.76 bits per heavy atom. The minimum Gasteiger partial charge on any atom is -0.497 e. The highest BCUT2D eigenvalue weighted by Crippen LogP contribution is 2.49. The number of hydrazone groups is 1. The Labute approximate surface area is 199 Å². The zero-order chi connectivity index (χ0) is 23.1. The minimum atomic E-state index is -1.04. The molecular formula is C25H20BrN3O4. The average molecular weight is 506 g/mol. The molecule has 166 valence electrons. The smallest absolute Gasteiger partial charge is 0.248 e. The van der Waals surface area contributed by atoms with E-state index in [2.05, 4.69) is 21.0 Å². The second kappa shape index (κ2) is 8.44. The second-order valence-corrected chi connectivity index (χ2v) is 9.00. The molecule has 0 aliphatic carbocycles. The molecule has 0 spiro atoms. The maximum atomic E-state index is 13.8. The molecule has 0 saturated carbocycles. The Morgan fingerprint density at radius 1 is 1.06 bits per heavy atom. The number of ketones is 1. The van der Waals surface area contributed by atoms with Crippen LogP contribution in [0, 0.1) is 10.1 Å². The highest BCUT2D eigenvalue weighted by molar-refractivity contribution is 9.10. The molecule has 0 N–H and O–H groups in total. The van der Waals surface area contributed by atoms with Crippen LogP contribution in [0.5, 0.6) is 5.75 Å². The van der Waals surface area contributed by atoms with Crippen LogP contribution in [-0.4, -0.2) is 41.1 Å². The predicted molar refractivity (Wildman–Crippen MR) is 127 cm³/mol. The van der Waals surface area contributed by atoms with Gasteiger partial charge in [0, 0.05) is 20.5 Å². The van der Waals surface area contributed by atoms with Gasteiger partial charge in [0.2, 0.25) is 6.04 Å². The van der Waals surface area contributed by atoms with Crippen molar-refractivity contribution in [3.8, 4) is 5.75 Å². The first kappa shape index (κ1) is 21.3. The zero-order valence-electron chi connectivity index (χ0n) is 17.7. The summed E-state index contributed by atoms with van der Waals surface area (Å²) in [5.74, 6) is -0.263. The molecule has 3 aromatic rings. The van der Waals surface area contributed by atoms with E-state index in [4.69, 9.17) is 4.74 Å². The first-order valence-corrected chi connectivity index (χ1v) is 11.3. The molecule has 0 aromatic heterocycles. The number of methoxy groups -OCH3 is 1. The Hall–Kier alpha value is -3.52. The predicted octanol–water partition coefficient (Wildman–Crippen LogP) is 4.84. The summed E-state index contributed by atoms with van der Waals surface area (Å²) in [7, 11) is 1.56. The van der Waals surface area contributed by atoms with Crippen molar-refractivity contribution in [2.24, 2.45) is 5.10 Å². The summed E-state index contributed by atoms with van der Waals surface area (Å²) in [6.45, 7) is 0. The molecule has 0 radical (unpaired) electrons. The van der Waals surface area contributed by atoms with Crippen molar-refractivity contribution >= 4 is 27.9 Å². The molecule has 4 atom stereocenters. The summed E-state index contributed by atoms with van der Waals surface area (Å²) in [5.41, 5.74) is 2.83. The zero-order valence-corrected chi connectivity index (χ0v) is 19.3. The molecule has 0 bridgehead atoms. The molecule has 0 unspecified atom stereocenters. The number of hydrogen-bond acceptors (Lipinski definition) is 6. The highest BCUT2D eigenvalue weighted by Gasteiger charge is 2.60. The van der Waals surface area contributed by atoms with Crippen LogP contribution < -0.4 is 4.74 Å². The first-order chi connectivity index (χ1) is 16.0. The van der Waals surface area contributed by atoms with Crippen molar-refractivity contribution in [1.29, 1.82) is 0 Å². The number of ether oxygens (including phenoxy) is 1. The lowest BCUT2D eigenvalue weighted by atomic mass is 9.82. The SMILES string of the molecule is COc1ccc(C(=O)[C@@H]2[C@H](c3ccc(Br)cc3)[C@@H]([N+](=O)[O-])[C@@H]3c4ccccc4C=NN23)cc1. The van der Waals surface area contributed by atoms with Crippen molar-refractivity contribution < 1.29 is 14.5 Å². The first-order valence-electron chi connectivity index (χ1n) is 10.5. The Bertz CT molecular complexity index is 1240. The van der Waals surface area contributed by atoms with Crippen LogP contribution >= 0.6 is 15.9 Å². The van der Waals surface area contributed by atoms with Gasteiger partial charge in [-0.25, -0.2) is 0 Å². The van der Waals surface area contributed by atoms with Gasteiger partial charge in [-0.2, -0.15) is 5.10 Å². The molecule has 2 aliphatic heterocycles. The van der Waals surface area contributed by atoms with Crippen LogP contribution in [0.2, 0.25) is 0 Å². The molecule has 5 rings (SSSR count). The van der Waals surface area contributed by atoms with Crippen LogP contribution in [0.15, 0.2) is 82.4 Å². The van der Waals surface area contributed by atoms with Gasteiger partial charge < -0.3 is 4.74 Å². The number of rotatable bonds is 5. The lowest BCUT2D eigenvalue weighted by molar-refractivity contribution is -0.529. The van der Waals surface area contributed by atoms with E-state index >= 15 is 0 Å². The minimum absolute atomic E-state index is 0.212. The topological polar surface area (TPSA) is 85.0 Å². The Kier molecular flexibility index (Phi) is 5.46. The number of fused-ring (bicyclic) bond motifs is 3. The molecule has 0 amide bonds. The molecule has 2 heterocycles. The number of halogens is 1. The van der Waals surface area contributed by atoms with Crippen molar-refractivity contribution in [3.63, 3.8) is 0 Å². The van der Waals surface area contributed by atoms with Crippen LogP contribution in [0.4, 0.5) is 0 Å². The summed E-state index contributed by atoms with van der Waals surface area (Å²) in [4.78, 5) is 26.1. The Balaban J connectivity index is 1.67. The van der Waals surface area contributed by atoms with Crippen LogP contribution in [0.25, 0.3) is 0 Å². The number of nitrogens with zero attached hydrogens (tertiary/aromatic N) is 3. The molecule has 33 heavy (non-hydrogen) atoms. The Morgan fingerprint density at radius 3 is 2.42 bits per heavy atom. The van der Waals surface area contributed by atoms with E-state index in [0.29, 0.717) is 11.3 Å². The molecule has 3 aromatic carbocycles. The summed E-state index contributed by atoms with van der Waals surface area (Å²) in [5, 5.41) is 18.7. The van der Waals surface area contributed by atoms with Crippen LogP contribution in [-0.2, 0) is 0 Å². The standard InChI is InChI=1S/C25H20BrN3O4/c1-33-19-12-8-16(9-13-19)25(30)24-21(15-6-10-18(26)11-7-15)23(29(31)32)22-20-5-3-2-4-17(20)14-27-28(22)24/h2-14,21-24H,1H3/t21-,22+,23-,24+/m1/s1. The maximum Gasteiger partial charge on any atom is 0.248 e. The third-order valence-electron chi connectivity index (χ3n) is 6.39. The van der Waals surface area contributed by atoms with Crippen molar-refractivity contribution in [3.05, 3.63) is 110 Å². The van der Waals surface area contributed by atoms with E-state index < -0.39 is 24.0 Å². The molecule has 2 aliphatic rings. The van der Waals surface area contributed by atoms with Crippen LogP contribution in [0.3, 0.4) is 0 Å². The number of benzene rings is 3. The van der Waals surface area contributed by atoms with E-state index in [1.54, 1.807) is 42.6 Å². The highest BCUT2D eigenvalue weighted by atomic mass is 79.9. The molecule has 1 saturated heterocycles. The number of carbonyl (C=O) groups excluding carboxylic acids is 1. The maximum absolute atomic E-state index is 13.8. The number of hydrogen-bond donors (Lipinski definition) is 0. The van der Waals surface area contributed by atoms with Gasteiger partial charge in [0.15, 0.2) is 5.78 Å². The van der Waals surface area contributed by atoms with Crippen molar-refractivity contribution in [1.82, 2.24) is 5.01 Å². The van der Waals surface area contributed by atoms with Crippen molar-refractivity contribution in [2.45, 2.75) is 24.0 Å². The lowest BCUT2D eigenvalue weighted by Crippen LogP contribution is -2.38.